The van der Waals surface area contributed by atoms with Gasteiger partial charge < -0.3 is 10.2 Å². The minimum absolute atomic E-state index is 0.295. The van der Waals surface area contributed by atoms with Crippen molar-refractivity contribution >= 4 is 23.4 Å². The van der Waals surface area contributed by atoms with Crippen molar-refractivity contribution in [2.24, 2.45) is 0 Å². The van der Waals surface area contributed by atoms with E-state index in [0.717, 1.165) is 37.3 Å². The van der Waals surface area contributed by atoms with Gasteiger partial charge in [0.1, 0.15) is 5.82 Å². The number of nitrogens with one attached hydrogen (secondary N) is 1. The third-order valence-corrected chi connectivity index (χ3v) is 6.18. The summed E-state index contributed by atoms with van der Waals surface area (Å²) in [6, 6.07) is 12.6. The van der Waals surface area contributed by atoms with Gasteiger partial charge in [-0.2, -0.15) is 0 Å². The van der Waals surface area contributed by atoms with Gasteiger partial charge in [0.05, 0.1) is 0 Å². The molecule has 2 atom stereocenters. The Morgan fingerprint density at radius 3 is 2.77 bits per heavy atom. The zero-order chi connectivity index (χ0) is 21.1. The molecule has 0 bridgehead atoms. The van der Waals surface area contributed by atoms with Gasteiger partial charge in [0.25, 0.3) is 5.91 Å². The van der Waals surface area contributed by atoms with Gasteiger partial charge in [0.2, 0.25) is 0 Å². The molecule has 2 aliphatic heterocycles. The highest BCUT2D eigenvalue weighted by molar-refractivity contribution is 6.04. The van der Waals surface area contributed by atoms with Crippen LogP contribution >= 0.6 is 0 Å². The van der Waals surface area contributed by atoms with Crippen LogP contribution in [0.2, 0.25) is 0 Å². The van der Waals surface area contributed by atoms with E-state index in [0.29, 0.717) is 23.3 Å². The van der Waals surface area contributed by atoms with E-state index in [9.17, 15) is 9.18 Å². The highest BCUT2D eigenvalue weighted by Crippen LogP contribution is 2.32. The first-order valence-electron chi connectivity index (χ1n) is 10.6. The number of hydrogen-bond acceptors (Lipinski definition) is 3. The molecular formula is C25H28FN3O. The third kappa shape index (κ3) is 4.17. The standard InChI is InChI=1S/C25H28FN3O/c1-3-18-16-21(27-25(30)19-7-5-8-20(26)15-19)10-11-24(18)28-14-12-23(17-28)29-13-6-9-22(29)4-2/h3-5,7-8,10-11,15-16,22-23H,1-2,6,9,12-14,17H2,(H,27,30). The lowest BCUT2D eigenvalue weighted by Crippen LogP contribution is -2.40. The molecule has 2 saturated heterocycles. The van der Waals surface area contributed by atoms with Crippen molar-refractivity contribution in [3.63, 3.8) is 0 Å². The summed E-state index contributed by atoms with van der Waals surface area (Å²) in [6.07, 6.45) is 7.49. The predicted molar refractivity (Wildman–Crippen MR) is 121 cm³/mol. The van der Waals surface area contributed by atoms with Gasteiger partial charge in [-0.15, -0.1) is 6.58 Å². The Balaban J connectivity index is 1.47. The van der Waals surface area contributed by atoms with E-state index in [4.69, 9.17) is 0 Å². The van der Waals surface area contributed by atoms with Crippen LogP contribution in [0.5, 0.6) is 0 Å². The molecule has 2 fully saturated rings. The summed E-state index contributed by atoms with van der Waals surface area (Å²) in [4.78, 5) is 17.4. The van der Waals surface area contributed by atoms with E-state index in [2.05, 4.69) is 34.4 Å². The molecule has 4 nitrogen and oxygen atoms in total. The summed E-state index contributed by atoms with van der Waals surface area (Å²) in [7, 11) is 0. The zero-order valence-electron chi connectivity index (χ0n) is 17.2. The minimum Gasteiger partial charge on any atom is -0.369 e. The number of nitrogens with zero attached hydrogens (tertiary/aromatic N) is 2. The third-order valence-electron chi connectivity index (χ3n) is 6.18. The highest BCUT2D eigenvalue weighted by Gasteiger charge is 2.34. The Morgan fingerprint density at radius 2 is 2.00 bits per heavy atom. The van der Waals surface area contributed by atoms with Crippen molar-refractivity contribution in [2.75, 3.05) is 29.9 Å². The molecule has 0 spiro atoms. The number of amides is 1. The fourth-order valence-electron chi connectivity index (χ4n) is 4.67. The second-order valence-electron chi connectivity index (χ2n) is 8.01. The Bertz CT molecular complexity index is 957. The molecule has 156 valence electrons. The van der Waals surface area contributed by atoms with Crippen LogP contribution < -0.4 is 10.2 Å². The Kier molecular flexibility index (Phi) is 6.00. The van der Waals surface area contributed by atoms with Crippen molar-refractivity contribution < 1.29 is 9.18 Å². The van der Waals surface area contributed by atoms with Crippen molar-refractivity contribution in [3.8, 4) is 0 Å². The monoisotopic (exact) mass is 405 g/mol. The molecule has 2 aromatic rings. The van der Waals surface area contributed by atoms with Crippen LogP contribution in [-0.4, -0.2) is 42.5 Å². The zero-order valence-corrected chi connectivity index (χ0v) is 17.2. The number of likely N-dealkylation sites (tertiary alicyclic amines) is 1. The molecule has 30 heavy (non-hydrogen) atoms. The summed E-state index contributed by atoms with van der Waals surface area (Å²) in [5.74, 6) is -0.756. The molecule has 5 heteroatoms. The smallest absolute Gasteiger partial charge is 0.255 e. The van der Waals surface area contributed by atoms with Crippen LogP contribution in [0.15, 0.2) is 61.7 Å². The van der Waals surface area contributed by atoms with Crippen molar-refractivity contribution in [3.05, 3.63) is 78.6 Å². The SMILES string of the molecule is C=Cc1cc(NC(=O)c2cccc(F)c2)ccc1N1CCC(N2CCCC2C=C)C1. The molecule has 2 heterocycles. The normalized spacial score (nSPS) is 21.6. The van der Waals surface area contributed by atoms with Crippen LogP contribution in [0.1, 0.15) is 35.2 Å². The molecule has 2 aliphatic rings. The van der Waals surface area contributed by atoms with Crippen molar-refractivity contribution in [2.45, 2.75) is 31.3 Å². The lowest BCUT2D eigenvalue weighted by molar-refractivity contribution is 0.102. The Labute approximate surface area is 177 Å². The molecule has 1 amide bonds. The molecule has 2 unspecified atom stereocenters. The molecule has 0 aromatic heterocycles. The van der Waals surface area contributed by atoms with Crippen LogP contribution in [0.25, 0.3) is 6.08 Å². The number of halogens is 1. The largest absolute Gasteiger partial charge is 0.369 e. The summed E-state index contributed by atoms with van der Waals surface area (Å²) in [5, 5.41) is 2.85. The fraction of sp³-hybridized carbons (Fsp3) is 0.320. The van der Waals surface area contributed by atoms with Gasteiger partial charge in [0, 0.05) is 42.1 Å². The average Bonchev–Trinajstić information content (AvgIpc) is 3.42. The summed E-state index contributed by atoms with van der Waals surface area (Å²) < 4.78 is 13.4. The lowest BCUT2D eigenvalue weighted by atomic mass is 10.1. The number of rotatable bonds is 6. The first-order chi connectivity index (χ1) is 14.6. The molecule has 0 saturated carbocycles. The second-order valence-corrected chi connectivity index (χ2v) is 8.01. The number of hydrogen-bond donors (Lipinski definition) is 1. The summed E-state index contributed by atoms with van der Waals surface area (Å²) in [6.45, 7) is 11.1. The van der Waals surface area contributed by atoms with E-state index in [1.807, 2.05) is 24.3 Å². The maximum absolute atomic E-state index is 13.4. The van der Waals surface area contributed by atoms with E-state index in [1.165, 1.54) is 31.0 Å². The Morgan fingerprint density at radius 1 is 1.13 bits per heavy atom. The maximum atomic E-state index is 13.4. The van der Waals surface area contributed by atoms with Crippen molar-refractivity contribution in [1.82, 2.24) is 4.90 Å². The second kappa shape index (κ2) is 8.84. The molecule has 4 rings (SSSR count). The summed E-state index contributed by atoms with van der Waals surface area (Å²) >= 11 is 0. The maximum Gasteiger partial charge on any atom is 0.255 e. The number of carbonyl (C=O) groups excluding carboxylic acids is 1. The quantitative estimate of drug-likeness (QED) is 0.691. The Hall–Kier alpha value is -2.92. The van der Waals surface area contributed by atoms with Crippen molar-refractivity contribution in [1.29, 1.82) is 0 Å². The number of benzene rings is 2. The fourth-order valence-corrected chi connectivity index (χ4v) is 4.67. The van der Waals surface area contributed by atoms with E-state index >= 15 is 0 Å². The van der Waals surface area contributed by atoms with E-state index < -0.39 is 5.82 Å². The molecule has 0 aliphatic carbocycles. The molecule has 1 N–H and O–H groups in total. The van der Waals surface area contributed by atoms with Crippen LogP contribution in [-0.2, 0) is 0 Å². The number of anilines is 2. The molecule has 0 radical (unpaired) electrons. The minimum atomic E-state index is -0.426. The van der Waals surface area contributed by atoms with Gasteiger partial charge >= 0.3 is 0 Å². The van der Waals surface area contributed by atoms with Gasteiger partial charge in [0.15, 0.2) is 0 Å². The lowest BCUT2D eigenvalue weighted by Gasteiger charge is -2.29. The predicted octanol–water partition coefficient (Wildman–Crippen LogP) is 4.95. The van der Waals surface area contributed by atoms with Gasteiger partial charge in [-0.3, -0.25) is 9.69 Å². The van der Waals surface area contributed by atoms with Crippen LogP contribution in [0, 0.1) is 5.82 Å². The average molecular weight is 406 g/mol. The van der Waals surface area contributed by atoms with Gasteiger partial charge in [-0.1, -0.05) is 24.8 Å². The van der Waals surface area contributed by atoms with Gasteiger partial charge in [-0.05, 0) is 67.8 Å². The van der Waals surface area contributed by atoms with Crippen LogP contribution in [0.4, 0.5) is 15.8 Å². The number of carbonyl (C=O) groups is 1. The van der Waals surface area contributed by atoms with Crippen LogP contribution in [0.3, 0.4) is 0 Å². The van der Waals surface area contributed by atoms with E-state index in [-0.39, 0.29) is 5.91 Å². The first-order valence-corrected chi connectivity index (χ1v) is 10.6. The molecule has 2 aromatic carbocycles. The topological polar surface area (TPSA) is 35.6 Å². The summed E-state index contributed by atoms with van der Waals surface area (Å²) in [5.41, 5.74) is 3.08. The molecular weight excluding hydrogens is 377 g/mol. The highest BCUT2D eigenvalue weighted by atomic mass is 19.1. The van der Waals surface area contributed by atoms with Gasteiger partial charge in [-0.25, -0.2) is 4.39 Å². The van der Waals surface area contributed by atoms with E-state index in [1.54, 1.807) is 6.07 Å². The first kappa shape index (κ1) is 20.4.